The molecule has 140 valence electrons. The smallest absolute Gasteiger partial charge is 0.247 e. The predicted octanol–water partition coefficient (Wildman–Crippen LogP) is 2.42. The molecule has 0 aromatic heterocycles. The number of benzene rings is 2. The van der Waals surface area contributed by atoms with Gasteiger partial charge in [-0.1, -0.05) is 30.3 Å². The van der Waals surface area contributed by atoms with Gasteiger partial charge < -0.3 is 19.7 Å². The molecule has 2 aromatic rings. The van der Waals surface area contributed by atoms with Crippen LogP contribution in [0.3, 0.4) is 0 Å². The largest absolute Gasteiger partial charge is 0.497 e. The van der Waals surface area contributed by atoms with E-state index in [9.17, 15) is 9.59 Å². The summed E-state index contributed by atoms with van der Waals surface area (Å²) < 4.78 is 10.5. The molecule has 6 heteroatoms. The molecule has 1 N–H and O–H groups in total. The summed E-state index contributed by atoms with van der Waals surface area (Å²) in [6.07, 6.45) is 3.17. The maximum absolute atomic E-state index is 12.8. The minimum Gasteiger partial charge on any atom is -0.497 e. The van der Waals surface area contributed by atoms with Crippen molar-refractivity contribution in [3.63, 3.8) is 0 Å². The van der Waals surface area contributed by atoms with Crippen molar-refractivity contribution in [2.45, 2.75) is 6.04 Å². The second kappa shape index (κ2) is 8.40. The molecule has 27 heavy (non-hydrogen) atoms. The predicted molar refractivity (Wildman–Crippen MR) is 102 cm³/mol. The summed E-state index contributed by atoms with van der Waals surface area (Å²) in [5.74, 6) is 0.889. The Labute approximate surface area is 158 Å². The Kier molecular flexibility index (Phi) is 5.76. The normalized spacial score (nSPS) is 16.9. The van der Waals surface area contributed by atoms with Crippen LogP contribution in [-0.4, -0.2) is 44.0 Å². The summed E-state index contributed by atoms with van der Waals surface area (Å²) in [7, 11) is 3.15. The summed E-state index contributed by atoms with van der Waals surface area (Å²) in [5.41, 5.74) is 1.57. The van der Waals surface area contributed by atoms with Crippen molar-refractivity contribution in [3.05, 3.63) is 65.7 Å². The standard InChI is InChI=1S/C21H22N2O4/c1-26-17-12-15(13-18(14-17)27-2)8-9-19(24)23-11-10-22-21(25)20(23)16-6-4-3-5-7-16/h3-9,12-14,20H,10-11H2,1-2H3,(H,22,25)/b9-8-/t20-/m0/s1. The second-order valence-corrected chi connectivity index (χ2v) is 6.12. The van der Waals surface area contributed by atoms with Crippen LogP contribution < -0.4 is 14.8 Å². The minimum atomic E-state index is -0.628. The first kappa shape index (κ1) is 18.5. The highest BCUT2D eigenvalue weighted by molar-refractivity contribution is 5.96. The number of nitrogens with one attached hydrogen (secondary N) is 1. The average molecular weight is 366 g/mol. The van der Waals surface area contributed by atoms with Gasteiger partial charge in [0.1, 0.15) is 17.5 Å². The van der Waals surface area contributed by atoms with Gasteiger partial charge in [0, 0.05) is 25.2 Å². The third-order valence-corrected chi connectivity index (χ3v) is 4.40. The van der Waals surface area contributed by atoms with E-state index in [2.05, 4.69) is 5.32 Å². The first-order valence-corrected chi connectivity index (χ1v) is 8.67. The molecule has 0 spiro atoms. The van der Waals surface area contributed by atoms with Crippen molar-refractivity contribution in [1.29, 1.82) is 0 Å². The van der Waals surface area contributed by atoms with Crippen molar-refractivity contribution < 1.29 is 19.1 Å². The van der Waals surface area contributed by atoms with Crippen LogP contribution in [0.1, 0.15) is 17.2 Å². The Morgan fingerprint density at radius 2 is 1.78 bits per heavy atom. The van der Waals surface area contributed by atoms with Crippen molar-refractivity contribution in [2.24, 2.45) is 0 Å². The van der Waals surface area contributed by atoms with Crippen LogP contribution in [-0.2, 0) is 9.59 Å². The zero-order chi connectivity index (χ0) is 19.2. The highest BCUT2D eigenvalue weighted by Gasteiger charge is 2.33. The maximum Gasteiger partial charge on any atom is 0.247 e. The summed E-state index contributed by atoms with van der Waals surface area (Å²) in [4.78, 5) is 26.8. The van der Waals surface area contributed by atoms with E-state index in [1.165, 1.54) is 6.08 Å². The van der Waals surface area contributed by atoms with Gasteiger partial charge in [0.2, 0.25) is 11.8 Å². The molecule has 2 aromatic carbocycles. The van der Waals surface area contributed by atoms with Gasteiger partial charge in [-0.05, 0) is 29.3 Å². The number of amides is 2. The second-order valence-electron chi connectivity index (χ2n) is 6.12. The number of hydrogen-bond donors (Lipinski definition) is 1. The van der Waals surface area contributed by atoms with E-state index in [1.807, 2.05) is 42.5 Å². The van der Waals surface area contributed by atoms with Crippen LogP contribution in [0.5, 0.6) is 11.5 Å². The summed E-state index contributed by atoms with van der Waals surface area (Å²) in [5, 5.41) is 2.83. The molecule has 1 saturated heterocycles. The molecule has 2 amide bonds. The van der Waals surface area contributed by atoms with Gasteiger partial charge in [-0.15, -0.1) is 0 Å². The number of methoxy groups -OCH3 is 2. The first-order valence-electron chi connectivity index (χ1n) is 8.67. The Balaban J connectivity index is 1.83. The van der Waals surface area contributed by atoms with Gasteiger partial charge in [0.15, 0.2) is 0 Å². The van der Waals surface area contributed by atoms with E-state index in [0.29, 0.717) is 24.6 Å². The molecule has 0 saturated carbocycles. The molecule has 1 aliphatic heterocycles. The van der Waals surface area contributed by atoms with Gasteiger partial charge in [0.05, 0.1) is 14.2 Å². The zero-order valence-electron chi connectivity index (χ0n) is 15.3. The molecule has 0 aliphatic carbocycles. The molecule has 1 atom stereocenters. The number of carbonyl (C=O) groups excluding carboxylic acids is 2. The van der Waals surface area contributed by atoms with E-state index in [0.717, 1.165) is 11.1 Å². The van der Waals surface area contributed by atoms with Gasteiger partial charge in [-0.2, -0.15) is 0 Å². The third kappa shape index (κ3) is 4.28. The monoisotopic (exact) mass is 366 g/mol. The summed E-state index contributed by atoms with van der Waals surface area (Å²) in [6, 6.07) is 14.1. The van der Waals surface area contributed by atoms with Gasteiger partial charge in [-0.25, -0.2) is 0 Å². The Morgan fingerprint density at radius 3 is 2.41 bits per heavy atom. The lowest BCUT2D eigenvalue weighted by Gasteiger charge is -2.34. The van der Waals surface area contributed by atoms with Crippen molar-refractivity contribution in [3.8, 4) is 11.5 Å². The molecule has 0 unspecified atom stereocenters. The van der Waals surface area contributed by atoms with Crippen LogP contribution in [0.15, 0.2) is 54.6 Å². The molecule has 0 bridgehead atoms. The Bertz CT molecular complexity index is 826. The molecular formula is C21H22N2O4. The molecule has 1 heterocycles. The van der Waals surface area contributed by atoms with Gasteiger partial charge in [-0.3, -0.25) is 9.59 Å². The van der Waals surface area contributed by atoms with Gasteiger partial charge in [0.25, 0.3) is 0 Å². The van der Waals surface area contributed by atoms with Crippen molar-refractivity contribution in [1.82, 2.24) is 10.2 Å². The zero-order valence-corrected chi connectivity index (χ0v) is 15.3. The number of rotatable bonds is 5. The van der Waals surface area contributed by atoms with E-state index < -0.39 is 6.04 Å². The fraction of sp³-hybridized carbons (Fsp3) is 0.238. The number of carbonyl (C=O) groups is 2. The SMILES string of the molecule is COc1cc(/C=C\C(=O)N2CCNC(=O)[C@@H]2c2ccccc2)cc(OC)c1. The lowest BCUT2D eigenvalue weighted by Crippen LogP contribution is -2.51. The molecule has 6 nitrogen and oxygen atoms in total. The quantitative estimate of drug-likeness (QED) is 0.826. The molecule has 0 radical (unpaired) electrons. The Morgan fingerprint density at radius 1 is 1.11 bits per heavy atom. The molecule has 1 aliphatic rings. The van der Waals surface area contributed by atoms with Crippen LogP contribution in [0.2, 0.25) is 0 Å². The lowest BCUT2D eigenvalue weighted by atomic mass is 10.0. The van der Waals surface area contributed by atoms with E-state index >= 15 is 0 Å². The first-order chi connectivity index (χ1) is 13.1. The number of piperazine rings is 1. The van der Waals surface area contributed by atoms with E-state index in [4.69, 9.17) is 9.47 Å². The van der Waals surface area contributed by atoms with Crippen molar-refractivity contribution in [2.75, 3.05) is 27.3 Å². The van der Waals surface area contributed by atoms with Crippen LogP contribution in [0.4, 0.5) is 0 Å². The molecule has 1 fully saturated rings. The molecular weight excluding hydrogens is 344 g/mol. The summed E-state index contributed by atoms with van der Waals surface area (Å²) in [6.45, 7) is 0.893. The summed E-state index contributed by atoms with van der Waals surface area (Å²) >= 11 is 0. The van der Waals surface area contributed by atoms with Crippen LogP contribution >= 0.6 is 0 Å². The number of hydrogen-bond acceptors (Lipinski definition) is 4. The number of ether oxygens (including phenoxy) is 2. The fourth-order valence-corrected chi connectivity index (χ4v) is 3.06. The van der Waals surface area contributed by atoms with Crippen LogP contribution in [0.25, 0.3) is 6.08 Å². The lowest BCUT2D eigenvalue weighted by molar-refractivity contribution is -0.140. The minimum absolute atomic E-state index is 0.169. The third-order valence-electron chi connectivity index (χ3n) is 4.40. The topological polar surface area (TPSA) is 67.9 Å². The highest BCUT2D eigenvalue weighted by Crippen LogP contribution is 2.25. The van der Waals surface area contributed by atoms with Gasteiger partial charge >= 0.3 is 0 Å². The van der Waals surface area contributed by atoms with Crippen LogP contribution in [0, 0.1) is 0 Å². The van der Waals surface area contributed by atoms with E-state index in [1.54, 1.807) is 31.3 Å². The number of nitrogens with zero attached hydrogens (tertiary/aromatic N) is 1. The maximum atomic E-state index is 12.8. The van der Waals surface area contributed by atoms with E-state index in [-0.39, 0.29) is 11.8 Å². The van der Waals surface area contributed by atoms with Crippen molar-refractivity contribution >= 4 is 17.9 Å². The Hall–Kier alpha value is -3.28. The molecule has 3 rings (SSSR count). The average Bonchev–Trinajstić information content (AvgIpc) is 2.72. The highest BCUT2D eigenvalue weighted by atomic mass is 16.5. The fourth-order valence-electron chi connectivity index (χ4n) is 3.06.